The van der Waals surface area contributed by atoms with E-state index < -0.39 is 30.0 Å². The summed E-state index contributed by atoms with van der Waals surface area (Å²) < 4.78 is 13.2. The molecule has 0 bridgehead atoms. The Morgan fingerprint density at radius 3 is 2.59 bits per heavy atom. The van der Waals surface area contributed by atoms with Gasteiger partial charge in [-0.1, -0.05) is 12.1 Å². The van der Waals surface area contributed by atoms with E-state index in [1.54, 1.807) is 6.07 Å². The second-order valence-corrected chi connectivity index (χ2v) is 4.66. The van der Waals surface area contributed by atoms with Crippen molar-refractivity contribution < 1.29 is 24.2 Å². The molecule has 2 aromatic rings. The molecule has 0 spiro atoms. The molecular weight excluding hydrogens is 290 g/mol. The molecule has 1 amide bonds. The molecule has 0 radical (unpaired) electrons. The summed E-state index contributed by atoms with van der Waals surface area (Å²) in [6.07, 6.45) is 1.32. The van der Waals surface area contributed by atoms with E-state index in [9.17, 15) is 19.1 Å². The molecule has 0 aliphatic carbocycles. The lowest BCUT2D eigenvalue weighted by Gasteiger charge is -2.15. The first kappa shape index (κ1) is 15.5. The number of carboxylic acids is 1. The SMILES string of the molecule is BN(CC(=O)O)C(=O)c1ncc(-c2cccc(F)c2)cc1O. The monoisotopic (exact) mass is 302 g/mol. The third kappa shape index (κ3) is 3.40. The highest BCUT2D eigenvalue weighted by molar-refractivity contribution is 6.19. The van der Waals surface area contributed by atoms with Gasteiger partial charge in [-0.25, -0.2) is 9.37 Å². The Bertz CT molecular complexity index is 739. The summed E-state index contributed by atoms with van der Waals surface area (Å²) in [6.45, 7) is -0.508. The lowest BCUT2D eigenvalue weighted by Crippen LogP contribution is -2.33. The van der Waals surface area contributed by atoms with Crippen molar-refractivity contribution in [1.29, 1.82) is 0 Å². The van der Waals surface area contributed by atoms with Gasteiger partial charge in [0.2, 0.25) is 7.98 Å². The number of pyridine rings is 1. The molecule has 1 aromatic carbocycles. The summed E-state index contributed by atoms with van der Waals surface area (Å²) in [5, 5.41) is 18.6. The van der Waals surface area contributed by atoms with Crippen molar-refractivity contribution in [2.75, 3.05) is 6.54 Å². The quantitative estimate of drug-likeness (QED) is 0.810. The Morgan fingerprint density at radius 1 is 1.27 bits per heavy atom. The van der Waals surface area contributed by atoms with Gasteiger partial charge >= 0.3 is 5.97 Å². The summed E-state index contributed by atoms with van der Waals surface area (Å²) in [4.78, 5) is 27.4. The Balaban J connectivity index is 2.30. The van der Waals surface area contributed by atoms with Crippen LogP contribution in [0.25, 0.3) is 11.1 Å². The lowest BCUT2D eigenvalue weighted by atomic mass is 10.1. The van der Waals surface area contributed by atoms with Crippen LogP contribution in [0.2, 0.25) is 0 Å². The van der Waals surface area contributed by atoms with E-state index in [0.717, 1.165) is 4.81 Å². The van der Waals surface area contributed by atoms with Crippen LogP contribution in [0.3, 0.4) is 0 Å². The van der Waals surface area contributed by atoms with Crippen LogP contribution in [0.1, 0.15) is 10.5 Å². The first-order valence-corrected chi connectivity index (χ1v) is 6.30. The Hall–Kier alpha value is -2.90. The van der Waals surface area contributed by atoms with Crippen LogP contribution in [0.4, 0.5) is 4.39 Å². The number of carboxylic acid groups (broad SMARTS) is 1. The maximum Gasteiger partial charge on any atom is 0.322 e. The minimum absolute atomic E-state index is 0.260. The summed E-state index contributed by atoms with van der Waals surface area (Å²) in [5.41, 5.74) is 0.680. The largest absolute Gasteiger partial charge is 0.505 e. The third-order valence-corrected chi connectivity index (χ3v) is 2.95. The van der Waals surface area contributed by atoms with Gasteiger partial charge in [-0.3, -0.25) is 9.59 Å². The highest BCUT2D eigenvalue weighted by Gasteiger charge is 2.19. The third-order valence-electron chi connectivity index (χ3n) is 2.95. The van der Waals surface area contributed by atoms with Crippen LogP contribution in [0, 0.1) is 5.82 Å². The molecule has 1 aromatic heterocycles. The second-order valence-electron chi connectivity index (χ2n) is 4.66. The van der Waals surface area contributed by atoms with Crippen LogP contribution in [0.15, 0.2) is 36.5 Å². The van der Waals surface area contributed by atoms with Crippen molar-refractivity contribution in [3.63, 3.8) is 0 Å². The van der Waals surface area contributed by atoms with E-state index in [1.165, 1.54) is 38.4 Å². The number of benzene rings is 1. The van der Waals surface area contributed by atoms with Gasteiger partial charge in [0.15, 0.2) is 5.69 Å². The van der Waals surface area contributed by atoms with Gasteiger partial charge in [0.25, 0.3) is 5.91 Å². The number of carbonyl (C=O) groups is 2. The number of halogens is 1. The lowest BCUT2D eigenvalue weighted by molar-refractivity contribution is -0.136. The van der Waals surface area contributed by atoms with Gasteiger partial charge in [0.05, 0.1) is 0 Å². The molecule has 0 aliphatic rings. The zero-order valence-electron chi connectivity index (χ0n) is 11.7. The number of aromatic hydroxyl groups is 1. The molecule has 22 heavy (non-hydrogen) atoms. The van der Waals surface area contributed by atoms with Gasteiger partial charge in [0, 0.05) is 11.8 Å². The molecule has 2 rings (SSSR count). The minimum Gasteiger partial charge on any atom is -0.505 e. The first-order chi connectivity index (χ1) is 10.4. The van der Waals surface area contributed by atoms with Gasteiger partial charge in [-0.05, 0) is 23.8 Å². The van der Waals surface area contributed by atoms with Crippen LogP contribution in [-0.2, 0) is 4.79 Å². The standard InChI is InChI=1S/C14H12BFN2O4/c15-18(7-12(20)21)14(22)13-11(19)5-9(6-17-13)8-2-1-3-10(16)4-8/h1-6,19H,7,15H2,(H,20,21). The second kappa shape index (κ2) is 6.25. The average Bonchev–Trinajstić information content (AvgIpc) is 2.45. The van der Waals surface area contributed by atoms with Crippen LogP contribution in [0.5, 0.6) is 5.75 Å². The summed E-state index contributed by atoms with van der Waals surface area (Å²) in [5.74, 6) is -2.72. The molecule has 8 heteroatoms. The van der Waals surface area contributed by atoms with Gasteiger partial charge in [0.1, 0.15) is 18.1 Å². The van der Waals surface area contributed by atoms with Gasteiger partial charge in [-0.2, -0.15) is 0 Å². The maximum absolute atomic E-state index is 13.2. The summed E-state index contributed by atoms with van der Waals surface area (Å²) in [6, 6.07) is 6.99. The fraction of sp³-hybridized carbons (Fsp3) is 0.0714. The van der Waals surface area contributed by atoms with Gasteiger partial charge in [-0.15, -0.1) is 0 Å². The Kier molecular flexibility index (Phi) is 4.40. The van der Waals surface area contributed by atoms with Gasteiger partial charge < -0.3 is 15.0 Å². The smallest absolute Gasteiger partial charge is 0.322 e. The van der Waals surface area contributed by atoms with E-state index in [1.807, 2.05) is 0 Å². The molecule has 0 saturated heterocycles. The average molecular weight is 302 g/mol. The number of carbonyl (C=O) groups excluding carboxylic acids is 1. The summed E-state index contributed by atoms with van der Waals surface area (Å²) >= 11 is 0. The van der Waals surface area contributed by atoms with Crippen LogP contribution >= 0.6 is 0 Å². The highest BCUT2D eigenvalue weighted by Crippen LogP contribution is 2.25. The number of aromatic nitrogens is 1. The maximum atomic E-state index is 13.2. The number of aliphatic carboxylic acids is 1. The number of nitrogens with zero attached hydrogens (tertiary/aromatic N) is 2. The molecule has 112 valence electrons. The molecule has 0 fully saturated rings. The molecule has 0 saturated carbocycles. The highest BCUT2D eigenvalue weighted by atomic mass is 19.1. The van der Waals surface area contributed by atoms with E-state index in [0.29, 0.717) is 11.1 Å². The van der Waals surface area contributed by atoms with E-state index in [2.05, 4.69) is 4.98 Å². The van der Waals surface area contributed by atoms with Crippen molar-refractivity contribution in [3.05, 3.63) is 48.0 Å². The van der Waals surface area contributed by atoms with E-state index in [-0.39, 0.29) is 5.69 Å². The van der Waals surface area contributed by atoms with Crippen molar-refractivity contribution in [2.24, 2.45) is 0 Å². The predicted molar refractivity (Wildman–Crippen MR) is 78.5 cm³/mol. The Morgan fingerprint density at radius 2 is 2.00 bits per heavy atom. The van der Waals surface area contributed by atoms with E-state index in [4.69, 9.17) is 5.11 Å². The normalized spacial score (nSPS) is 10.2. The fourth-order valence-corrected chi connectivity index (χ4v) is 1.90. The number of amides is 1. The first-order valence-electron chi connectivity index (χ1n) is 6.30. The number of hydrogen-bond donors (Lipinski definition) is 2. The minimum atomic E-state index is -1.17. The zero-order valence-corrected chi connectivity index (χ0v) is 11.7. The van der Waals surface area contributed by atoms with Crippen LogP contribution < -0.4 is 0 Å². The van der Waals surface area contributed by atoms with Crippen LogP contribution in [-0.4, -0.2) is 46.4 Å². The molecule has 2 N–H and O–H groups in total. The fourth-order valence-electron chi connectivity index (χ4n) is 1.90. The predicted octanol–water partition coefficient (Wildman–Crippen LogP) is 0.668. The molecule has 0 atom stereocenters. The van der Waals surface area contributed by atoms with Crippen molar-refractivity contribution in [1.82, 2.24) is 9.79 Å². The molecule has 0 aliphatic heterocycles. The van der Waals surface area contributed by atoms with Crippen molar-refractivity contribution in [3.8, 4) is 16.9 Å². The molecular formula is C14H12BFN2O4. The molecule has 6 nitrogen and oxygen atoms in total. The van der Waals surface area contributed by atoms with Crippen molar-refractivity contribution in [2.45, 2.75) is 0 Å². The van der Waals surface area contributed by atoms with E-state index >= 15 is 0 Å². The molecule has 0 unspecified atom stereocenters. The topological polar surface area (TPSA) is 90.7 Å². The van der Waals surface area contributed by atoms with Crippen molar-refractivity contribution >= 4 is 19.9 Å². The number of hydrogen-bond acceptors (Lipinski definition) is 4. The number of rotatable bonds is 4. The Labute approximate surface area is 126 Å². The summed E-state index contributed by atoms with van der Waals surface area (Å²) in [7, 11) is 1.29. The molecule has 1 heterocycles. The zero-order chi connectivity index (χ0) is 16.3.